The van der Waals surface area contributed by atoms with Gasteiger partial charge in [0.2, 0.25) is 0 Å². The fourth-order valence-electron chi connectivity index (χ4n) is 2.90. The lowest BCUT2D eigenvalue weighted by Gasteiger charge is -2.27. The average Bonchev–Trinajstić information content (AvgIpc) is 2.67. The second-order valence-corrected chi connectivity index (χ2v) is 7.79. The van der Waals surface area contributed by atoms with Gasteiger partial charge in [0, 0.05) is 6.04 Å². The maximum absolute atomic E-state index is 11.3. The highest BCUT2D eigenvalue weighted by molar-refractivity contribution is 7.91. The maximum Gasteiger partial charge on any atom is 0.306 e. The van der Waals surface area contributed by atoms with Gasteiger partial charge in [-0.3, -0.25) is 4.79 Å². The van der Waals surface area contributed by atoms with Crippen molar-refractivity contribution in [3.63, 3.8) is 0 Å². The first-order valence-electron chi connectivity index (χ1n) is 6.63. The molecule has 0 spiro atoms. The van der Waals surface area contributed by atoms with E-state index in [4.69, 9.17) is 5.11 Å². The first-order valence-corrected chi connectivity index (χ1v) is 8.45. The van der Waals surface area contributed by atoms with Crippen LogP contribution in [0.3, 0.4) is 0 Å². The molecule has 0 radical (unpaired) electrons. The monoisotopic (exact) mass is 275 g/mol. The van der Waals surface area contributed by atoms with E-state index in [1.54, 1.807) is 0 Å². The Morgan fingerprint density at radius 3 is 2.33 bits per heavy atom. The molecule has 1 heterocycles. The first-order chi connectivity index (χ1) is 8.46. The quantitative estimate of drug-likeness (QED) is 0.787. The van der Waals surface area contributed by atoms with Gasteiger partial charge in [-0.2, -0.15) is 0 Å². The fourth-order valence-corrected chi connectivity index (χ4v) is 4.61. The second-order valence-electron chi connectivity index (χ2n) is 5.56. The smallest absolute Gasteiger partial charge is 0.306 e. The molecule has 0 amide bonds. The summed E-state index contributed by atoms with van der Waals surface area (Å²) in [6.07, 6.45) is 4.09. The molecule has 1 saturated carbocycles. The molecule has 1 aliphatic heterocycles. The number of sulfone groups is 1. The standard InChI is InChI=1S/C12H21NO4S/c14-12(15)10-3-1-9(2-4-10)7-13-11-5-6-18(16,17)8-11/h9-11,13H,1-8H2,(H,14,15). The van der Waals surface area contributed by atoms with Gasteiger partial charge in [-0.05, 0) is 44.6 Å². The van der Waals surface area contributed by atoms with Gasteiger partial charge in [-0.25, -0.2) is 8.42 Å². The summed E-state index contributed by atoms with van der Waals surface area (Å²) >= 11 is 0. The first kappa shape index (κ1) is 13.8. The SMILES string of the molecule is O=C(O)C1CCC(CNC2CCS(=O)(=O)C2)CC1. The van der Waals surface area contributed by atoms with Crippen LogP contribution in [0.1, 0.15) is 32.1 Å². The van der Waals surface area contributed by atoms with Gasteiger partial charge in [0.05, 0.1) is 17.4 Å². The third-order valence-electron chi connectivity index (χ3n) is 4.12. The van der Waals surface area contributed by atoms with E-state index in [0.29, 0.717) is 18.1 Å². The molecule has 1 atom stereocenters. The summed E-state index contributed by atoms with van der Waals surface area (Å²) in [5.41, 5.74) is 0. The number of nitrogens with one attached hydrogen (secondary N) is 1. The van der Waals surface area contributed by atoms with E-state index in [2.05, 4.69) is 5.32 Å². The molecule has 1 aliphatic carbocycles. The second kappa shape index (κ2) is 5.57. The lowest BCUT2D eigenvalue weighted by atomic mass is 9.82. The summed E-state index contributed by atoms with van der Waals surface area (Å²) < 4.78 is 22.6. The van der Waals surface area contributed by atoms with Crippen LogP contribution in [0.5, 0.6) is 0 Å². The van der Waals surface area contributed by atoms with Crippen molar-refractivity contribution in [2.45, 2.75) is 38.1 Å². The van der Waals surface area contributed by atoms with Crippen LogP contribution in [0.2, 0.25) is 0 Å². The van der Waals surface area contributed by atoms with Crippen LogP contribution < -0.4 is 5.32 Å². The molecule has 18 heavy (non-hydrogen) atoms. The summed E-state index contributed by atoms with van der Waals surface area (Å²) in [5, 5.41) is 12.2. The van der Waals surface area contributed by atoms with E-state index in [9.17, 15) is 13.2 Å². The minimum Gasteiger partial charge on any atom is -0.481 e. The third-order valence-corrected chi connectivity index (χ3v) is 5.89. The Bertz CT molecular complexity index is 398. The Labute approximate surface area is 108 Å². The lowest BCUT2D eigenvalue weighted by molar-refractivity contribution is -0.143. The van der Waals surface area contributed by atoms with Crippen LogP contribution in [0.25, 0.3) is 0 Å². The zero-order chi connectivity index (χ0) is 13.2. The third kappa shape index (κ3) is 3.68. The zero-order valence-electron chi connectivity index (χ0n) is 10.5. The number of carboxylic acids is 1. The number of hydrogen-bond donors (Lipinski definition) is 2. The van der Waals surface area contributed by atoms with E-state index in [1.165, 1.54) is 0 Å². The zero-order valence-corrected chi connectivity index (χ0v) is 11.3. The highest BCUT2D eigenvalue weighted by Crippen LogP contribution is 2.28. The minimum atomic E-state index is -2.81. The van der Waals surface area contributed by atoms with E-state index < -0.39 is 15.8 Å². The number of aliphatic carboxylic acids is 1. The molecule has 1 saturated heterocycles. The Morgan fingerprint density at radius 1 is 1.17 bits per heavy atom. The molecular weight excluding hydrogens is 254 g/mol. The maximum atomic E-state index is 11.3. The van der Waals surface area contributed by atoms with Gasteiger partial charge in [0.1, 0.15) is 0 Å². The van der Waals surface area contributed by atoms with Crippen LogP contribution in [-0.2, 0) is 14.6 Å². The van der Waals surface area contributed by atoms with Gasteiger partial charge in [0.15, 0.2) is 9.84 Å². The van der Waals surface area contributed by atoms with Gasteiger partial charge >= 0.3 is 5.97 Å². The predicted molar refractivity (Wildman–Crippen MR) is 68.1 cm³/mol. The molecule has 0 bridgehead atoms. The number of carbonyl (C=O) groups is 1. The molecule has 104 valence electrons. The summed E-state index contributed by atoms with van der Waals surface area (Å²) in [5.74, 6) is 0.216. The number of rotatable bonds is 4. The lowest BCUT2D eigenvalue weighted by Crippen LogP contribution is -2.36. The van der Waals surface area contributed by atoms with Gasteiger partial charge < -0.3 is 10.4 Å². The summed E-state index contributed by atoms with van der Waals surface area (Å²) in [6, 6.07) is 0.104. The van der Waals surface area contributed by atoms with Crippen molar-refractivity contribution in [3.8, 4) is 0 Å². The van der Waals surface area contributed by atoms with Gasteiger partial charge in [-0.15, -0.1) is 0 Å². The molecule has 1 unspecified atom stereocenters. The normalized spacial score (nSPS) is 35.4. The van der Waals surface area contributed by atoms with Crippen LogP contribution in [0, 0.1) is 11.8 Å². The molecule has 2 N–H and O–H groups in total. The number of hydrogen-bond acceptors (Lipinski definition) is 4. The van der Waals surface area contributed by atoms with E-state index in [-0.39, 0.29) is 17.7 Å². The minimum absolute atomic E-state index is 0.104. The van der Waals surface area contributed by atoms with E-state index in [0.717, 1.165) is 32.2 Å². The van der Waals surface area contributed by atoms with Crippen LogP contribution in [0.15, 0.2) is 0 Å². The number of carboxylic acid groups (broad SMARTS) is 1. The molecule has 0 aromatic carbocycles. The van der Waals surface area contributed by atoms with Crippen molar-refractivity contribution >= 4 is 15.8 Å². The fraction of sp³-hybridized carbons (Fsp3) is 0.917. The van der Waals surface area contributed by atoms with Gasteiger partial charge in [0.25, 0.3) is 0 Å². The topological polar surface area (TPSA) is 83.5 Å². The van der Waals surface area contributed by atoms with Crippen molar-refractivity contribution < 1.29 is 18.3 Å². The van der Waals surface area contributed by atoms with Crippen LogP contribution in [-0.4, -0.2) is 43.6 Å². The van der Waals surface area contributed by atoms with Crippen molar-refractivity contribution in [2.24, 2.45) is 11.8 Å². The average molecular weight is 275 g/mol. The van der Waals surface area contributed by atoms with E-state index in [1.807, 2.05) is 0 Å². The molecule has 6 heteroatoms. The Kier molecular flexibility index (Phi) is 4.27. The highest BCUT2D eigenvalue weighted by atomic mass is 32.2. The Morgan fingerprint density at radius 2 is 1.83 bits per heavy atom. The summed E-state index contributed by atoms with van der Waals surface area (Å²) in [6.45, 7) is 0.826. The molecule has 0 aromatic heterocycles. The Balaban J connectivity index is 1.68. The predicted octanol–water partition coefficient (Wildman–Crippen LogP) is 0.654. The van der Waals surface area contributed by atoms with Crippen LogP contribution in [0.4, 0.5) is 0 Å². The van der Waals surface area contributed by atoms with E-state index >= 15 is 0 Å². The summed E-state index contributed by atoms with van der Waals surface area (Å²) in [7, 11) is -2.81. The Hall–Kier alpha value is -0.620. The summed E-state index contributed by atoms with van der Waals surface area (Å²) in [4.78, 5) is 10.8. The van der Waals surface area contributed by atoms with Crippen molar-refractivity contribution in [1.29, 1.82) is 0 Å². The molecule has 0 aromatic rings. The molecule has 5 nitrogen and oxygen atoms in total. The molecule has 2 fully saturated rings. The molecule has 2 rings (SSSR count). The largest absolute Gasteiger partial charge is 0.481 e. The van der Waals surface area contributed by atoms with Gasteiger partial charge in [-0.1, -0.05) is 0 Å². The van der Waals surface area contributed by atoms with Crippen molar-refractivity contribution in [1.82, 2.24) is 5.32 Å². The van der Waals surface area contributed by atoms with Crippen LogP contribution >= 0.6 is 0 Å². The molecular formula is C12H21NO4S. The van der Waals surface area contributed by atoms with Crippen molar-refractivity contribution in [2.75, 3.05) is 18.1 Å². The van der Waals surface area contributed by atoms with Crippen molar-refractivity contribution in [3.05, 3.63) is 0 Å². The molecule has 2 aliphatic rings. The highest BCUT2D eigenvalue weighted by Gasteiger charge is 2.29.